The fourth-order valence-corrected chi connectivity index (χ4v) is 8.41. The third-order valence-corrected chi connectivity index (χ3v) is 11.6. The number of nitrogens with zero attached hydrogens (tertiary/aromatic N) is 5. The van der Waals surface area contributed by atoms with Crippen molar-refractivity contribution in [2.75, 3.05) is 45.7 Å². The molecule has 4 aromatic rings. The van der Waals surface area contributed by atoms with Crippen LogP contribution in [0.3, 0.4) is 0 Å². The SMILES string of the molecule is COc1cc(-c2cn(C)c(=O)c3cnccc23)cc(F)c1CN1CCC(N(C)C(=O)N2CCC(c3ccc(NC4CCC(=O)NC4=O)cc3Cl)CC2)CC1. The standard InChI is InChI=1S/C40H45ClFN7O5/c1-46-22-31(29-8-13-43-21-30(29)39(46)52)25-18-34(42)32(36(19-25)54-3)23-48-14-11-27(12-15-48)47(2)40(53)49-16-9-24(10-17-49)28-5-4-26(20-33(28)41)44-35-6-7-37(50)45-38(35)51/h4-5,8,13,18-22,24,27,35,44H,6-7,9-12,14-17,23H2,1-3H3,(H,45,50,51). The predicted octanol–water partition coefficient (Wildman–Crippen LogP) is 5.51. The first-order valence-electron chi connectivity index (χ1n) is 18.4. The Morgan fingerprint density at radius 2 is 1.80 bits per heavy atom. The Kier molecular flexibility index (Phi) is 10.9. The summed E-state index contributed by atoms with van der Waals surface area (Å²) in [4.78, 5) is 60.0. The summed E-state index contributed by atoms with van der Waals surface area (Å²) in [5, 5.41) is 7.32. The summed E-state index contributed by atoms with van der Waals surface area (Å²) in [6.45, 7) is 3.04. The molecule has 0 radical (unpaired) electrons. The molecule has 2 aromatic carbocycles. The summed E-state index contributed by atoms with van der Waals surface area (Å²) in [7, 11) is 5.08. The zero-order chi connectivity index (χ0) is 38.1. The molecule has 2 N–H and O–H groups in total. The van der Waals surface area contributed by atoms with Crippen molar-refractivity contribution in [3.8, 4) is 16.9 Å². The van der Waals surface area contributed by atoms with Crippen LogP contribution in [0.4, 0.5) is 14.9 Å². The zero-order valence-electron chi connectivity index (χ0n) is 30.7. The molecule has 54 heavy (non-hydrogen) atoms. The van der Waals surface area contributed by atoms with Crippen LogP contribution in [0.25, 0.3) is 21.9 Å². The van der Waals surface area contributed by atoms with Gasteiger partial charge in [-0.05, 0) is 84.9 Å². The van der Waals surface area contributed by atoms with E-state index in [2.05, 4.69) is 20.5 Å². The van der Waals surface area contributed by atoms with Crippen molar-refractivity contribution < 1.29 is 23.5 Å². The van der Waals surface area contributed by atoms with Gasteiger partial charge in [0.1, 0.15) is 17.6 Å². The fraction of sp³-hybridized carbons (Fsp3) is 0.425. The molecule has 1 atom stereocenters. The van der Waals surface area contributed by atoms with Gasteiger partial charge in [0.2, 0.25) is 11.8 Å². The van der Waals surface area contributed by atoms with E-state index >= 15 is 4.39 Å². The number of hydrogen-bond donors (Lipinski definition) is 2. The summed E-state index contributed by atoms with van der Waals surface area (Å²) in [6.07, 6.45) is 8.73. The number of aromatic nitrogens is 2. The molecule has 0 saturated carbocycles. The number of carbonyl (C=O) groups is 3. The van der Waals surface area contributed by atoms with Crippen molar-refractivity contribution in [3.05, 3.63) is 87.3 Å². The van der Waals surface area contributed by atoms with E-state index in [1.807, 2.05) is 41.1 Å². The van der Waals surface area contributed by atoms with Crippen LogP contribution in [-0.4, -0.2) is 94.5 Å². The normalized spacial score (nSPS) is 18.8. The van der Waals surface area contributed by atoms with Gasteiger partial charge in [-0.3, -0.25) is 29.6 Å². The maximum atomic E-state index is 15.8. The van der Waals surface area contributed by atoms with Crippen LogP contribution >= 0.6 is 11.6 Å². The number of likely N-dealkylation sites (tertiary alicyclic amines) is 2. The highest BCUT2D eigenvalue weighted by Gasteiger charge is 2.32. The van der Waals surface area contributed by atoms with E-state index in [4.69, 9.17) is 16.3 Å². The lowest BCUT2D eigenvalue weighted by Crippen LogP contribution is -2.51. The number of nitrogens with one attached hydrogen (secondary N) is 2. The van der Waals surface area contributed by atoms with Crippen molar-refractivity contribution in [2.24, 2.45) is 7.05 Å². The Bertz CT molecular complexity index is 2150. The number of fused-ring (bicyclic) bond motifs is 1. The molecule has 3 aliphatic rings. The van der Waals surface area contributed by atoms with Gasteiger partial charge in [-0.15, -0.1) is 0 Å². The Morgan fingerprint density at radius 1 is 1.04 bits per heavy atom. The average molecular weight is 758 g/mol. The molecular weight excluding hydrogens is 713 g/mol. The first-order chi connectivity index (χ1) is 26.0. The van der Waals surface area contributed by atoms with E-state index < -0.39 is 6.04 Å². The fourth-order valence-electron chi connectivity index (χ4n) is 8.07. The van der Waals surface area contributed by atoms with E-state index in [1.54, 1.807) is 25.5 Å². The van der Waals surface area contributed by atoms with Crippen LogP contribution in [0.2, 0.25) is 5.02 Å². The number of aryl methyl sites for hydroxylation is 1. The van der Waals surface area contributed by atoms with E-state index in [0.29, 0.717) is 78.2 Å². The second-order valence-corrected chi connectivity index (χ2v) is 15.0. The lowest BCUT2D eigenvalue weighted by atomic mass is 9.89. The average Bonchev–Trinajstić information content (AvgIpc) is 3.18. The highest BCUT2D eigenvalue weighted by Crippen LogP contribution is 2.36. The van der Waals surface area contributed by atoms with Crippen LogP contribution in [0.5, 0.6) is 5.75 Å². The van der Waals surface area contributed by atoms with Crippen molar-refractivity contribution >= 4 is 45.9 Å². The third kappa shape index (κ3) is 7.65. The van der Waals surface area contributed by atoms with Gasteiger partial charge >= 0.3 is 6.03 Å². The monoisotopic (exact) mass is 757 g/mol. The third-order valence-electron chi connectivity index (χ3n) is 11.2. The number of anilines is 1. The lowest BCUT2D eigenvalue weighted by molar-refractivity contribution is -0.133. The molecule has 0 spiro atoms. The Labute approximate surface area is 318 Å². The number of piperidine rings is 3. The van der Waals surface area contributed by atoms with Gasteiger partial charge in [-0.25, -0.2) is 9.18 Å². The number of rotatable bonds is 8. The molecule has 0 bridgehead atoms. The Balaban J connectivity index is 0.923. The molecule has 284 valence electrons. The maximum Gasteiger partial charge on any atom is 0.319 e. The molecule has 1 unspecified atom stereocenters. The molecule has 3 fully saturated rings. The quantitative estimate of drug-likeness (QED) is 0.225. The van der Waals surface area contributed by atoms with Crippen molar-refractivity contribution in [1.82, 2.24) is 29.6 Å². The second kappa shape index (κ2) is 15.8. The zero-order valence-corrected chi connectivity index (χ0v) is 31.5. The van der Waals surface area contributed by atoms with Crippen LogP contribution in [0.15, 0.2) is 59.8 Å². The van der Waals surface area contributed by atoms with E-state index in [0.717, 1.165) is 42.5 Å². The molecule has 4 amide bonds. The first kappa shape index (κ1) is 37.3. The number of imide groups is 1. The summed E-state index contributed by atoms with van der Waals surface area (Å²) in [6, 6.07) is 10.4. The molecule has 0 aliphatic carbocycles. The van der Waals surface area contributed by atoms with Crippen molar-refractivity contribution in [1.29, 1.82) is 0 Å². The van der Waals surface area contributed by atoms with Gasteiger partial charge in [0.15, 0.2) is 0 Å². The lowest BCUT2D eigenvalue weighted by Gasteiger charge is -2.40. The number of carbonyl (C=O) groups excluding carboxylic acids is 3. The van der Waals surface area contributed by atoms with Crippen LogP contribution in [0.1, 0.15) is 55.6 Å². The number of ether oxygens (including phenoxy) is 1. The second-order valence-electron chi connectivity index (χ2n) is 14.6. The van der Waals surface area contributed by atoms with E-state index in [1.165, 1.54) is 23.9 Å². The largest absolute Gasteiger partial charge is 0.496 e. The predicted molar refractivity (Wildman–Crippen MR) is 205 cm³/mol. The molecule has 2 aromatic heterocycles. The van der Waals surface area contributed by atoms with Crippen LogP contribution in [-0.2, 0) is 23.2 Å². The highest BCUT2D eigenvalue weighted by molar-refractivity contribution is 6.31. The van der Waals surface area contributed by atoms with Gasteiger partial charge in [0.25, 0.3) is 5.56 Å². The minimum atomic E-state index is -0.479. The Morgan fingerprint density at radius 3 is 2.50 bits per heavy atom. The van der Waals surface area contributed by atoms with E-state index in [9.17, 15) is 19.2 Å². The maximum absolute atomic E-state index is 15.8. The summed E-state index contributed by atoms with van der Waals surface area (Å²) < 4.78 is 23.0. The van der Waals surface area contributed by atoms with Gasteiger partial charge < -0.3 is 24.4 Å². The smallest absolute Gasteiger partial charge is 0.319 e. The molecule has 3 saturated heterocycles. The van der Waals surface area contributed by atoms with E-state index in [-0.39, 0.29) is 41.2 Å². The number of urea groups is 1. The highest BCUT2D eigenvalue weighted by atomic mass is 35.5. The topological polar surface area (TPSA) is 129 Å². The molecular formula is C40H45ClFN7O5. The minimum absolute atomic E-state index is 0.0202. The number of hydrogen-bond acceptors (Lipinski definition) is 8. The van der Waals surface area contributed by atoms with Gasteiger partial charge in [-0.2, -0.15) is 0 Å². The number of amides is 4. The minimum Gasteiger partial charge on any atom is -0.496 e. The molecule has 5 heterocycles. The molecule has 7 rings (SSSR count). The first-order valence-corrected chi connectivity index (χ1v) is 18.8. The Hall–Kier alpha value is -5.01. The number of benzene rings is 2. The van der Waals surface area contributed by atoms with Crippen molar-refractivity contribution in [2.45, 2.75) is 63.1 Å². The number of methoxy groups -OCH3 is 1. The van der Waals surface area contributed by atoms with Crippen molar-refractivity contribution in [3.63, 3.8) is 0 Å². The van der Waals surface area contributed by atoms with Gasteiger partial charge in [0.05, 0.1) is 12.5 Å². The molecule has 3 aliphatic heterocycles. The van der Waals surface area contributed by atoms with Crippen LogP contribution < -0.4 is 20.9 Å². The van der Waals surface area contributed by atoms with Gasteiger partial charge in [0, 0.05) is 99.7 Å². The molecule has 12 nitrogen and oxygen atoms in total. The summed E-state index contributed by atoms with van der Waals surface area (Å²) in [5.74, 6) is -0.302. The summed E-state index contributed by atoms with van der Waals surface area (Å²) in [5.41, 5.74) is 3.39. The number of halogens is 2. The van der Waals surface area contributed by atoms with Crippen LogP contribution in [0, 0.1) is 5.82 Å². The summed E-state index contributed by atoms with van der Waals surface area (Å²) >= 11 is 6.71. The number of pyridine rings is 2. The molecule has 14 heteroatoms. The van der Waals surface area contributed by atoms with Gasteiger partial charge in [-0.1, -0.05) is 17.7 Å².